The van der Waals surface area contributed by atoms with E-state index in [0.29, 0.717) is 19.1 Å². The van der Waals surface area contributed by atoms with E-state index in [1.54, 1.807) is 7.11 Å². The number of hydrogen-bond donors (Lipinski definition) is 1. The van der Waals surface area contributed by atoms with Gasteiger partial charge in [-0.05, 0) is 29.7 Å². The number of ether oxygens (including phenoxy) is 3. The zero-order valence-electron chi connectivity index (χ0n) is 18.0. The zero-order valence-corrected chi connectivity index (χ0v) is 20.3. The summed E-state index contributed by atoms with van der Waals surface area (Å²) in [5, 5.41) is 3.43. The monoisotopic (exact) mass is 525 g/mol. The molecular formula is C23H32IN3O3. The molecule has 0 aliphatic carbocycles. The Labute approximate surface area is 196 Å². The summed E-state index contributed by atoms with van der Waals surface area (Å²) in [5.41, 5.74) is 2.23. The van der Waals surface area contributed by atoms with Crippen molar-refractivity contribution in [2.24, 2.45) is 10.9 Å². The summed E-state index contributed by atoms with van der Waals surface area (Å²) in [6.45, 7) is 3.81. The van der Waals surface area contributed by atoms with Gasteiger partial charge in [-0.15, -0.1) is 24.0 Å². The Bertz CT molecular complexity index is 796. The van der Waals surface area contributed by atoms with Crippen LogP contribution in [0.4, 0.5) is 0 Å². The molecule has 1 unspecified atom stereocenters. The highest BCUT2D eigenvalue weighted by Crippen LogP contribution is 2.29. The van der Waals surface area contributed by atoms with Crippen molar-refractivity contribution >= 4 is 29.9 Å². The third kappa shape index (κ3) is 7.05. The third-order valence-electron chi connectivity index (χ3n) is 5.05. The van der Waals surface area contributed by atoms with Crippen LogP contribution in [0.5, 0.6) is 11.5 Å². The van der Waals surface area contributed by atoms with E-state index < -0.39 is 0 Å². The Morgan fingerprint density at radius 1 is 1.17 bits per heavy atom. The topological polar surface area (TPSA) is 55.3 Å². The lowest BCUT2D eigenvalue weighted by Crippen LogP contribution is -2.41. The molecule has 0 aromatic heterocycles. The molecule has 0 radical (unpaired) electrons. The maximum atomic E-state index is 5.94. The maximum Gasteiger partial charge on any atom is 0.193 e. The fourth-order valence-corrected chi connectivity index (χ4v) is 3.44. The van der Waals surface area contributed by atoms with Crippen LogP contribution in [0.15, 0.2) is 53.5 Å². The van der Waals surface area contributed by atoms with Gasteiger partial charge < -0.3 is 24.4 Å². The fourth-order valence-electron chi connectivity index (χ4n) is 3.44. The molecule has 2 aromatic carbocycles. The molecule has 1 aliphatic rings. The van der Waals surface area contributed by atoms with Crippen LogP contribution in [-0.2, 0) is 17.9 Å². The van der Waals surface area contributed by atoms with Crippen molar-refractivity contribution in [2.75, 3.05) is 41.0 Å². The molecule has 164 valence electrons. The minimum absolute atomic E-state index is 0. The second kappa shape index (κ2) is 12.6. The van der Waals surface area contributed by atoms with Gasteiger partial charge in [0.1, 0.15) is 6.61 Å². The van der Waals surface area contributed by atoms with Crippen LogP contribution >= 0.6 is 24.0 Å². The highest BCUT2D eigenvalue weighted by molar-refractivity contribution is 14.0. The van der Waals surface area contributed by atoms with Crippen molar-refractivity contribution < 1.29 is 14.2 Å². The highest BCUT2D eigenvalue weighted by Gasteiger charge is 2.19. The van der Waals surface area contributed by atoms with E-state index in [1.807, 2.05) is 55.6 Å². The van der Waals surface area contributed by atoms with E-state index in [4.69, 9.17) is 14.2 Å². The lowest BCUT2D eigenvalue weighted by atomic mass is 10.1. The summed E-state index contributed by atoms with van der Waals surface area (Å²) in [6.07, 6.45) is 1.11. The van der Waals surface area contributed by atoms with Crippen molar-refractivity contribution in [1.29, 1.82) is 0 Å². The predicted molar refractivity (Wildman–Crippen MR) is 131 cm³/mol. The molecule has 1 fully saturated rings. The molecule has 2 aromatic rings. The minimum Gasteiger partial charge on any atom is -0.493 e. The molecule has 6 nitrogen and oxygen atoms in total. The number of rotatable bonds is 8. The second-order valence-corrected chi connectivity index (χ2v) is 7.27. The first-order valence-electron chi connectivity index (χ1n) is 10.0. The largest absolute Gasteiger partial charge is 0.493 e. The first kappa shape index (κ1) is 24.3. The summed E-state index contributed by atoms with van der Waals surface area (Å²) in [4.78, 5) is 6.56. The van der Waals surface area contributed by atoms with Gasteiger partial charge in [0, 0.05) is 39.7 Å². The minimum atomic E-state index is 0. The SMILES string of the molecule is CN=C(NCc1ccc(OCc2ccccc2)c(OC)c1)N(C)CC1CCOC1.I. The molecule has 0 amide bonds. The number of halogens is 1. The van der Waals surface area contributed by atoms with Gasteiger partial charge >= 0.3 is 0 Å². The summed E-state index contributed by atoms with van der Waals surface area (Å²) >= 11 is 0. The Balaban J connectivity index is 0.00000320. The summed E-state index contributed by atoms with van der Waals surface area (Å²) in [6, 6.07) is 16.1. The van der Waals surface area contributed by atoms with Gasteiger partial charge in [0.2, 0.25) is 0 Å². The second-order valence-electron chi connectivity index (χ2n) is 7.27. The molecule has 1 saturated heterocycles. The van der Waals surface area contributed by atoms with Gasteiger partial charge in [-0.1, -0.05) is 36.4 Å². The van der Waals surface area contributed by atoms with Crippen molar-refractivity contribution in [2.45, 2.75) is 19.6 Å². The molecule has 1 aliphatic heterocycles. The molecule has 3 rings (SSSR count). The normalized spacial score (nSPS) is 16.0. The number of guanidine groups is 1. The van der Waals surface area contributed by atoms with Crippen LogP contribution in [0.1, 0.15) is 17.5 Å². The van der Waals surface area contributed by atoms with E-state index in [1.165, 1.54) is 0 Å². The quantitative estimate of drug-likeness (QED) is 0.322. The molecule has 7 heteroatoms. The highest BCUT2D eigenvalue weighted by atomic mass is 127. The van der Waals surface area contributed by atoms with Crippen molar-refractivity contribution in [3.05, 3.63) is 59.7 Å². The standard InChI is InChI=1S/C23H31N3O3.HI/c1-24-23(26(2)15-20-11-12-28-16-20)25-14-19-9-10-21(22(13-19)27-3)29-17-18-7-5-4-6-8-18;/h4-10,13,20H,11-12,14-17H2,1-3H3,(H,24,25);1H. The van der Waals surface area contributed by atoms with Gasteiger partial charge in [-0.3, -0.25) is 4.99 Å². The number of hydrogen-bond acceptors (Lipinski definition) is 4. The van der Waals surface area contributed by atoms with Crippen molar-refractivity contribution in [3.8, 4) is 11.5 Å². The summed E-state index contributed by atoms with van der Waals surface area (Å²) in [7, 11) is 5.54. The zero-order chi connectivity index (χ0) is 20.5. The van der Waals surface area contributed by atoms with Crippen molar-refractivity contribution in [3.63, 3.8) is 0 Å². The van der Waals surface area contributed by atoms with E-state index >= 15 is 0 Å². The molecule has 1 heterocycles. The Morgan fingerprint density at radius 2 is 1.97 bits per heavy atom. The third-order valence-corrected chi connectivity index (χ3v) is 5.05. The number of nitrogens with one attached hydrogen (secondary N) is 1. The van der Waals surface area contributed by atoms with Crippen LogP contribution in [0, 0.1) is 5.92 Å². The number of methoxy groups -OCH3 is 1. The Kier molecular flexibility index (Phi) is 10.2. The molecule has 0 spiro atoms. The van der Waals surface area contributed by atoms with Gasteiger partial charge in [-0.2, -0.15) is 0 Å². The first-order valence-corrected chi connectivity index (χ1v) is 10.0. The van der Waals surface area contributed by atoms with E-state index in [0.717, 1.165) is 54.8 Å². The van der Waals surface area contributed by atoms with Crippen LogP contribution in [0.3, 0.4) is 0 Å². The fraction of sp³-hybridized carbons (Fsp3) is 0.435. The van der Waals surface area contributed by atoms with E-state index in [2.05, 4.69) is 22.3 Å². The average Bonchev–Trinajstić information content (AvgIpc) is 3.26. The molecule has 1 atom stereocenters. The summed E-state index contributed by atoms with van der Waals surface area (Å²) < 4.78 is 16.9. The van der Waals surface area contributed by atoms with Crippen LogP contribution < -0.4 is 14.8 Å². The number of aliphatic imine (C=N–C) groups is 1. The Morgan fingerprint density at radius 3 is 2.63 bits per heavy atom. The molecule has 1 N–H and O–H groups in total. The Hall–Kier alpha value is -2.00. The lowest BCUT2D eigenvalue weighted by molar-refractivity contribution is 0.181. The van der Waals surface area contributed by atoms with Gasteiger partial charge in [0.15, 0.2) is 17.5 Å². The van der Waals surface area contributed by atoms with Crippen molar-refractivity contribution in [1.82, 2.24) is 10.2 Å². The molecule has 30 heavy (non-hydrogen) atoms. The van der Waals surface area contributed by atoms with Crippen LogP contribution in [0.25, 0.3) is 0 Å². The summed E-state index contributed by atoms with van der Waals surface area (Å²) in [5.74, 6) is 2.91. The van der Waals surface area contributed by atoms with Gasteiger partial charge in [0.25, 0.3) is 0 Å². The average molecular weight is 525 g/mol. The maximum absolute atomic E-state index is 5.94. The lowest BCUT2D eigenvalue weighted by Gasteiger charge is -2.24. The number of benzene rings is 2. The first-order chi connectivity index (χ1) is 14.2. The smallest absolute Gasteiger partial charge is 0.193 e. The van der Waals surface area contributed by atoms with E-state index in [-0.39, 0.29) is 24.0 Å². The van der Waals surface area contributed by atoms with E-state index in [9.17, 15) is 0 Å². The molecule has 0 saturated carbocycles. The van der Waals surface area contributed by atoms with Crippen LogP contribution in [-0.4, -0.2) is 51.8 Å². The predicted octanol–water partition coefficient (Wildman–Crippen LogP) is 3.94. The number of nitrogens with zero attached hydrogens (tertiary/aromatic N) is 2. The molecule has 0 bridgehead atoms. The van der Waals surface area contributed by atoms with Crippen LogP contribution in [0.2, 0.25) is 0 Å². The van der Waals surface area contributed by atoms with Gasteiger partial charge in [0.05, 0.1) is 13.7 Å². The molecular weight excluding hydrogens is 493 g/mol. The van der Waals surface area contributed by atoms with Gasteiger partial charge in [-0.25, -0.2) is 0 Å².